The minimum Gasteiger partial charge on any atom is -0.472 e. The Morgan fingerprint density at radius 1 is 1.38 bits per heavy atom. The molecule has 0 fully saturated rings. The van der Waals surface area contributed by atoms with Gasteiger partial charge in [0, 0.05) is 5.56 Å². The summed E-state index contributed by atoms with van der Waals surface area (Å²) >= 11 is 0. The van der Waals surface area contributed by atoms with Crippen LogP contribution < -0.4 is 0 Å². The highest BCUT2D eigenvalue weighted by atomic mass is 16.5. The number of hydrogen-bond donors (Lipinski definition) is 0. The standard InChI is InChI=1S/C11H13NO/c1-2-10-8-12-11(13-10)9-6-4-3-5-7-9/h3-7,10H,2,8H2,1H3/t10-/m1/s1. The Morgan fingerprint density at radius 3 is 2.77 bits per heavy atom. The molecule has 0 aromatic heterocycles. The summed E-state index contributed by atoms with van der Waals surface area (Å²) in [4.78, 5) is 4.35. The molecular formula is C11H13NO. The molecule has 1 atom stereocenters. The Kier molecular flexibility index (Phi) is 2.30. The van der Waals surface area contributed by atoms with E-state index in [0.29, 0.717) is 0 Å². The topological polar surface area (TPSA) is 21.6 Å². The van der Waals surface area contributed by atoms with Gasteiger partial charge in [0.2, 0.25) is 5.90 Å². The van der Waals surface area contributed by atoms with Gasteiger partial charge in [0.15, 0.2) is 0 Å². The average molecular weight is 175 g/mol. The molecule has 0 radical (unpaired) electrons. The fourth-order valence-electron chi connectivity index (χ4n) is 1.37. The van der Waals surface area contributed by atoms with E-state index < -0.39 is 0 Å². The molecule has 0 aliphatic carbocycles. The minimum atomic E-state index is 0.287. The molecule has 1 aliphatic rings. The predicted molar refractivity (Wildman–Crippen MR) is 53.0 cm³/mol. The van der Waals surface area contributed by atoms with Gasteiger partial charge in [0.25, 0.3) is 0 Å². The summed E-state index contributed by atoms with van der Waals surface area (Å²) in [6, 6.07) is 10.0. The highest BCUT2D eigenvalue weighted by Gasteiger charge is 2.18. The summed E-state index contributed by atoms with van der Waals surface area (Å²) in [5.41, 5.74) is 1.08. The molecule has 0 spiro atoms. The molecule has 1 aromatic rings. The third-order valence-corrected chi connectivity index (χ3v) is 2.19. The molecule has 1 aromatic carbocycles. The number of ether oxygens (including phenoxy) is 1. The van der Waals surface area contributed by atoms with Gasteiger partial charge in [-0.05, 0) is 18.6 Å². The van der Waals surface area contributed by atoms with Crippen LogP contribution in [0.5, 0.6) is 0 Å². The summed E-state index contributed by atoms with van der Waals surface area (Å²) in [5.74, 6) is 0.799. The molecule has 0 saturated carbocycles. The van der Waals surface area contributed by atoms with Crippen LogP contribution in [-0.4, -0.2) is 18.5 Å². The summed E-state index contributed by atoms with van der Waals surface area (Å²) in [6.07, 6.45) is 1.31. The van der Waals surface area contributed by atoms with Gasteiger partial charge in [-0.15, -0.1) is 0 Å². The van der Waals surface area contributed by atoms with Crippen molar-refractivity contribution >= 4 is 5.90 Å². The van der Waals surface area contributed by atoms with E-state index in [1.165, 1.54) is 0 Å². The lowest BCUT2D eigenvalue weighted by atomic mass is 10.2. The third kappa shape index (κ3) is 1.72. The number of aliphatic imine (C=N–C) groups is 1. The van der Waals surface area contributed by atoms with Gasteiger partial charge in [-0.25, -0.2) is 4.99 Å². The Labute approximate surface area is 78.3 Å². The van der Waals surface area contributed by atoms with Crippen molar-refractivity contribution in [1.82, 2.24) is 0 Å². The largest absolute Gasteiger partial charge is 0.472 e. The molecule has 0 amide bonds. The van der Waals surface area contributed by atoms with Gasteiger partial charge in [0.05, 0.1) is 6.54 Å². The average Bonchev–Trinajstić information content (AvgIpc) is 2.67. The van der Waals surface area contributed by atoms with E-state index >= 15 is 0 Å². The second-order valence-corrected chi connectivity index (χ2v) is 3.16. The molecule has 0 unspecified atom stereocenters. The monoisotopic (exact) mass is 175 g/mol. The lowest BCUT2D eigenvalue weighted by molar-refractivity contribution is 0.220. The maximum atomic E-state index is 5.65. The Balaban J connectivity index is 2.12. The zero-order chi connectivity index (χ0) is 9.10. The number of hydrogen-bond acceptors (Lipinski definition) is 2. The van der Waals surface area contributed by atoms with Crippen molar-refractivity contribution in [2.24, 2.45) is 4.99 Å². The van der Waals surface area contributed by atoms with Crippen LogP contribution in [0.2, 0.25) is 0 Å². The van der Waals surface area contributed by atoms with Crippen molar-refractivity contribution in [2.75, 3.05) is 6.54 Å². The molecule has 0 bridgehead atoms. The molecule has 1 heterocycles. The Hall–Kier alpha value is -1.31. The number of benzene rings is 1. The van der Waals surface area contributed by atoms with E-state index in [4.69, 9.17) is 4.74 Å². The van der Waals surface area contributed by atoms with E-state index in [-0.39, 0.29) is 6.10 Å². The van der Waals surface area contributed by atoms with Crippen LogP contribution in [0.4, 0.5) is 0 Å². The first-order valence-corrected chi connectivity index (χ1v) is 4.66. The lowest BCUT2D eigenvalue weighted by Crippen LogP contribution is -2.11. The van der Waals surface area contributed by atoms with Gasteiger partial charge in [0.1, 0.15) is 6.10 Å². The number of nitrogens with zero attached hydrogens (tertiary/aromatic N) is 1. The van der Waals surface area contributed by atoms with Crippen LogP contribution in [0.3, 0.4) is 0 Å². The molecule has 13 heavy (non-hydrogen) atoms. The van der Waals surface area contributed by atoms with Crippen molar-refractivity contribution in [2.45, 2.75) is 19.4 Å². The van der Waals surface area contributed by atoms with Gasteiger partial charge < -0.3 is 4.74 Å². The molecule has 2 nitrogen and oxygen atoms in total. The molecular weight excluding hydrogens is 162 g/mol. The van der Waals surface area contributed by atoms with Crippen molar-refractivity contribution in [3.05, 3.63) is 35.9 Å². The number of rotatable bonds is 2. The molecule has 0 N–H and O–H groups in total. The van der Waals surface area contributed by atoms with Crippen LogP contribution >= 0.6 is 0 Å². The van der Waals surface area contributed by atoms with E-state index in [1.807, 2.05) is 30.3 Å². The molecule has 68 valence electrons. The first-order valence-electron chi connectivity index (χ1n) is 4.66. The van der Waals surface area contributed by atoms with Crippen molar-refractivity contribution in [1.29, 1.82) is 0 Å². The van der Waals surface area contributed by atoms with Crippen molar-refractivity contribution in [3.8, 4) is 0 Å². The fraction of sp³-hybridized carbons (Fsp3) is 0.364. The van der Waals surface area contributed by atoms with E-state index in [2.05, 4.69) is 11.9 Å². The van der Waals surface area contributed by atoms with Crippen LogP contribution in [-0.2, 0) is 4.74 Å². The Morgan fingerprint density at radius 2 is 2.15 bits per heavy atom. The zero-order valence-electron chi connectivity index (χ0n) is 7.73. The first-order chi connectivity index (χ1) is 6.40. The van der Waals surface area contributed by atoms with Gasteiger partial charge in [-0.2, -0.15) is 0 Å². The minimum absolute atomic E-state index is 0.287. The maximum Gasteiger partial charge on any atom is 0.216 e. The maximum absolute atomic E-state index is 5.65. The smallest absolute Gasteiger partial charge is 0.216 e. The molecule has 2 rings (SSSR count). The second-order valence-electron chi connectivity index (χ2n) is 3.16. The van der Waals surface area contributed by atoms with E-state index in [0.717, 1.165) is 24.4 Å². The quantitative estimate of drug-likeness (QED) is 0.675. The molecule has 2 heteroatoms. The first kappa shape index (κ1) is 8.30. The lowest BCUT2D eigenvalue weighted by Gasteiger charge is -2.07. The van der Waals surface area contributed by atoms with Crippen molar-refractivity contribution in [3.63, 3.8) is 0 Å². The van der Waals surface area contributed by atoms with Crippen molar-refractivity contribution < 1.29 is 4.74 Å². The zero-order valence-corrected chi connectivity index (χ0v) is 7.73. The highest BCUT2D eigenvalue weighted by Crippen LogP contribution is 2.13. The van der Waals surface area contributed by atoms with Crippen LogP contribution in [0.25, 0.3) is 0 Å². The summed E-state index contributed by atoms with van der Waals surface area (Å²) < 4.78 is 5.65. The highest BCUT2D eigenvalue weighted by molar-refractivity contribution is 5.95. The van der Waals surface area contributed by atoms with Crippen LogP contribution in [0.15, 0.2) is 35.3 Å². The Bertz CT molecular complexity index is 305. The predicted octanol–water partition coefficient (Wildman–Crippen LogP) is 2.24. The van der Waals surface area contributed by atoms with E-state index in [1.54, 1.807) is 0 Å². The SMILES string of the molecule is CC[C@@H]1CN=C(c2ccccc2)O1. The van der Waals surface area contributed by atoms with E-state index in [9.17, 15) is 0 Å². The fourth-order valence-corrected chi connectivity index (χ4v) is 1.37. The van der Waals surface area contributed by atoms with Gasteiger partial charge >= 0.3 is 0 Å². The molecule has 1 aliphatic heterocycles. The van der Waals surface area contributed by atoms with Gasteiger partial charge in [-0.3, -0.25) is 0 Å². The molecule has 0 saturated heterocycles. The second kappa shape index (κ2) is 3.60. The normalized spacial score (nSPS) is 21.0. The summed E-state index contributed by atoms with van der Waals surface area (Å²) in [7, 11) is 0. The summed E-state index contributed by atoms with van der Waals surface area (Å²) in [6.45, 7) is 2.93. The summed E-state index contributed by atoms with van der Waals surface area (Å²) in [5, 5.41) is 0. The van der Waals surface area contributed by atoms with Crippen LogP contribution in [0, 0.1) is 0 Å². The van der Waals surface area contributed by atoms with Crippen LogP contribution in [0.1, 0.15) is 18.9 Å². The van der Waals surface area contributed by atoms with Gasteiger partial charge in [-0.1, -0.05) is 25.1 Å². The third-order valence-electron chi connectivity index (χ3n) is 2.19.